The van der Waals surface area contributed by atoms with Gasteiger partial charge in [-0.15, -0.1) is 0 Å². The Bertz CT molecular complexity index is 259. The molecular formula is C9H16N2. The van der Waals surface area contributed by atoms with E-state index in [1.54, 1.807) is 0 Å². The summed E-state index contributed by atoms with van der Waals surface area (Å²) in [7, 11) is 4.14. The Morgan fingerprint density at radius 2 is 1.55 bits per heavy atom. The molecule has 62 valence electrons. The van der Waals surface area contributed by atoms with Crippen LogP contribution in [0.3, 0.4) is 0 Å². The average Bonchev–Trinajstić information content (AvgIpc) is 2.07. The van der Waals surface area contributed by atoms with Gasteiger partial charge in [0.15, 0.2) is 0 Å². The number of aromatic nitrogens is 1. The highest BCUT2D eigenvalue weighted by molar-refractivity contribution is 5.58. The smallest absolute Gasteiger partial charge is 0.0601 e. The van der Waals surface area contributed by atoms with E-state index in [0.29, 0.717) is 0 Å². The van der Waals surface area contributed by atoms with Gasteiger partial charge in [0.2, 0.25) is 0 Å². The maximum Gasteiger partial charge on any atom is 0.0601 e. The molecule has 0 aliphatic rings. The third-order valence-corrected chi connectivity index (χ3v) is 2.10. The number of nitrogens with zero attached hydrogens (tertiary/aromatic N) is 1. The van der Waals surface area contributed by atoms with Crippen molar-refractivity contribution in [2.75, 3.05) is 19.0 Å². The van der Waals surface area contributed by atoms with Crippen LogP contribution in [0, 0.1) is 20.8 Å². The van der Waals surface area contributed by atoms with Crippen molar-refractivity contribution in [3.05, 3.63) is 17.0 Å². The number of aryl methyl sites for hydroxylation is 2. The van der Waals surface area contributed by atoms with Crippen LogP contribution < -0.4 is 4.90 Å². The SMILES string of the molecule is Cc1[nH]c(C)c(N(C)C)c1C. The summed E-state index contributed by atoms with van der Waals surface area (Å²) in [6.45, 7) is 6.36. The fraction of sp³-hybridized carbons (Fsp3) is 0.556. The molecule has 0 aliphatic heterocycles. The lowest BCUT2D eigenvalue weighted by molar-refractivity contribution is 1.10. The lowest BCUT2D eigenvalue weighted by Gasteiger charge is -2.12. The quantitative estimate of drug-likeness (QED) is 0.652. The molecule has 0 saturated carbocycles. The van der Waals surface area contributed by atoms with Gasteiger partial charge in [-0.2, -0.15) is 0 Å². The van der Waals surface area contributed by atoms with Crippen LogP contribution in [0.2, 0.25) is 0 Å². The molecule has 2 heteroatoms. The molecule has 0 saturated heterocycles. The van der Waals surface area contributed by atoms with Crippen molar-refractivity contribution in [3.63, 3.8) is 0 Å². The third kappa shape index (κ3) is 1.25. The first-order chi connectivity index (χ1) is 5.04. The van der Waals surface area contributed by atoms with Gasteiger partial charge < -0.3 is 9.88 Å². The van der Waals surface area contributed by atoms with Crippen molar-refractivity contribution in [2.45, 2.75) is 20.8 Å². The second-order valence-electron chi connectivity index (χ2n) is 3.24. The van der Waals surface area contributed by atoms with Gasteiger partial charge in [0.05, 0.1) is 5.69 Å². The maximum atomic E-state index is 3.32. The number of aromatic amines is 1. The molecule has 1 rings (SSSR count). The Morgan fingerprint density at radius 1 is 1.00 bits per heavy atom. The highest BCUT2D eigenvalue weighted by atomic mass is 15.1. The zero-order valence-corrected chi connectivity index (χ0v) is 7.95. The average molecular weight is 152 g/mol. The van der Waals surface area contributed by atoms with Gasteiger partial charge in [-0.05, 0) is 26.3 Å². The topological polar surface area (TPSA) is 19.0 Å². The molecule has 0 amide bonds. The summed E-state index contributed by atoms with van der Waals surface area (Å²) in [6.07, 6.45) is 0. The lowest BCUT2D eigenvalue weighted by Crippen LogP contribution is -2.10. The van der Waals surface area contributed by atoms with E-state index in [9.17, 15) is 0 Å². The first-order valence-electron chi connectivity index (χ1n) is 3.87. The standard InChI is InChI=1S/C9H16N2/c1-6-7(2)10-8(3)9(6)11(4)5/h10H,1-5H3. The number of hydrogen-bond donors (Lipinski definition) is 1. The molecule has 1 aromatic heterocycles. The molecule has 0 atom stereocenters. The molecule has 0 bridgehead atoms. The molecule has 1 heterocycles. The summed E-state index contributed by atoms with van der Waals surface area (Å²) < 4.78 is 0. The summed E-state index contributed by atoms with van der Waals surface area (Å²) >= 11 is 0. The van der Waals surface area contributed by atoms with Crippen LogP contribution in [-0.2, 0) is 0 Å². The summed E-state index contributed by atoms with van der Waals surface area (Å²) in [4.78, 5) is 5.46. The van der Waals surface area contributed by atoms with Crippen LogP contribution in [0.15, 0.2) is 0 Å². The van der Waals surface area contributed by atoms with Crippen molar-refractivity contribution in [1.82, 2.24) is 4.98 Å². The summed E-state index contributed by atoms with van der Waals surface area (Å²) in [5.74, 6) is 0. The largest absolute Gasteiger partial charge is 0.376 e. The minimum absolute atomic E-state index is 1.25. The van der Waals surface area contributed by atoms with E-state index in [1.165, 1.54) is 22.6 Å². The van der Waals surface area contributed by atoms with Crippen LogP contribution in [-0.4, -0.2) is 19.1 Å². The van der Waals surface area contributed by atoms with E-state index < -0.39 is 0 Å². The molecule has 0 fully saturated rings. The van der Waals surface area contributed by atoms with Crippen LogP contribution >= 0.6 is 0 Å². The third-order valence-electron chi connectivity index (χ3n) is 2.10. The van der Waals surface area contributed by atoms with Crippen LogP contribution in [0.25, 0.3) is 0 Å². The van der Waals surface area contributed by atoms with E-state index in [0.717, 1.165) is 0 Å². The van der Waals surface area contributed by atoms with Gasteiger partial charge in [-0.3, -0.25) is 0 Å². The molecular weight excluding hydrogens is 136 g/mol. The summed E-state index contributed by atoms with van der Waals surface area (Å²) in [5, 5.41) is 0. The van der Waals surface area contributed by atoms with Crippen LogP contribution in [0.4, 0.5) is 5.69 Å². The van der Waals surface area contributed by atoms with Crippen LogP contribution in [0.5, 0.6) is 0 Å². The number of H-pyrrole nitrogens is 1. The van der Waals surface area contributed by atoms with Gasteiger partial charge in [0.1, 0.15) is 0 Å². The minimum Gasteiger partial charge on any atom is -0.376 e. The van der Waals surface area contributed by atoms with Crippen molar-refractivity contribution >= 4 is 5.69 Å². The molecule has 0 spiro atoms. The predicted molar refractivity (Wildman–Crippen MR) is 49.3 cm³/mol. The molecule has 0 aliphatic carbocycles. The van der Waals surface area contributed by atoms with Crippen molar-refractivity contribution in [3.8, 4) is 0 Å². The first kappa shape index (κ1) is 8.18. The van der Waals surface area contributed by atoms with E-state index in [4.69, 9.17) is 0 Å². The highest BCUT2D eigenvalue weighted by Gasteiger charge is 2.08. The zero-order valence-electron chi connectivity index (χ0n) is 7.95. The van der Waals surface area contributed by atoms with Gasteiger partial charge in [-0.25, -0.2) is 0 Å². The maximum absolute atomic E-state index is 3.32. The monoisotopic (exact) mass is 152 g/mol. The number of anilines is 1. The Labute approximate surface area is 68.2 Å². The van der Waals surface area contributed by atoms with Crippen molar-refractivity contribution in [1.29, 1.82) is 0 Å². The Hall–Kier alpha value is -0.920. The lowest BCUT2D eigenvalue weighted by atomic mass is 10.2. The van der Waals surface area contributed by atoms with Crippen molar-refractivity contribution in [2.24, 2.45) is 0 Å². The molecule has 1 N–H and O–H groups in total. The second-order valence-corrected chi connectivity index (χ2v) is 3.24. The second kappa shape index (κ2) is 2.61. The predicted octanol–water partition coefficient (Wildman–Crippen LogP) is 2.01. The zero-order chi connectivity index (χ0) is 8.59. The molecule has 0 unspecified atom stereocenters. The van der Waals surface area contributed by atoms with Gasteiger partial charge in [0.25, 0.3) is 0 Å². The normalized spacial score (nSPS) is 10.3. The van der Waals surface area contributed by atoms with Gasteiger partial charge in [0, 0.05) is 25.5 Å². The molecule has 11 heavy (non-hydrogen) atoms. The highest BCUT2D eigenvalue weighted by Crippen LogP contribution is 2.24. The van der Waals surface area contributed by atoms with E-state index in [-0.39, 0.29) is 0 Å². The molecule has 1 aromatic rings. The van der Waals surface area contributed by atoms with Crippen LogP contribution in [0.1, 0.15) is 17.0 Å². The number of rotatable bonds is 1. The Kier molecular flexibility index (Phi) is 1.94. The molecule has 0 aromatic carbocycles. The Morgan fingerprint density at radius 3 is 1.73 bits per heavy atom. The molecule has 2 nitrogen and oxygen atoms in total. The fourth-order valence-electron chi connectivity index (χ4n) is 1.56. The molecule has 0 radical (unpaired) electrons. The first-order valence-corrected chi connectivity index (χ1v) is 3.87. The van der Waals surface area contributed by atoms with E-state index >= 15 is 0 Å². The summed E-state index contributed by atoms with van der Waals surface area (Å²) in [5.41, 5.74) is 5.20. The number of nitrogens with one attached hydrogen (secondary N) is 1. The summed E-state index contributed by atoms with van der Waals surface area (Å²) in [6, 6.07) is 0. The minimum atomic E-state index is 1.25. The fourth-order valence-corrected chi connectivity index (χ4v) is 1.56. The van der Waals surface area contributed by atoms with Gasteiger partial charge in [-0.1, -0.05) is 0 Å². The van der Waals surface area contributed by atoms with E-state index in [2.05, 4.69) is 44.8 Å². The Balaban J connectivity index is 3.22. The van der Waals surface area contributed by atoms with Crippen molar-refractivity contribution < 1.29 is 0 Å². The van der Waals surface area contributed by atoms with E-state index in [1.807, 2.05) is 0 Å². The number of hydrogen-bond acceptors (Lipinski definition) is 1. The van der Waals surface area contributed by atoms with Gasteiger partial charge >= 0.3 is 0 Å².